The lowest BCUT2D eigenvalue weighted by Gasteiger charge is -2.35. The number of amides is 3. The number of nitrogens with zero attached hydrogens (tertiary/aromatic N) is 1. The summed E-state index contributed by atoms with van der Waals surface area (Å²) in [6.07, 6.45) is 9.38. The summed E-state index contributed by atoms with van der Waals surface area (Å²) in [5.74, 6) is 0.597. The molecule has 0 aromatic carbocycles. The average Bonchev–Trinajstić information content (AvgIpc) is 2.62. The fourth-order valence-corrected chi connectivity index (χ4v) is 4.17. The molecule has 1 heterocycles. The van der Waals surface area contributed by atoms with Gasteiger partial charge in [0.15, 0.2) is 0 Å². The van der Waals surface area contributed by atoms with Gasteiger partial charge >= 0.3 is 6.03 Å². The molecule has 1 N–H and O–H groups in total. The summed E-state index contributed by atoms with van der Waals surface area (Å²) < 4.78 is 0. The third kappa shape index (κ3) is 2.15. The molecule has 2 saturated carbocycles. The maximum atomic E-state index is 12.8. The molecule has 0 aromatic heterocycles. The molecule has 3 rings (SSSR count). The molecular formula is C15H24N2O2. The lowest BCUT2D eigenvalue weighted by atomic mass is 9.76. The van der Waals surface area contributed by atoms with Crippen molar-refractivity contribution in [3.8, 4) is 0 Å². The van der Waals surface area contributed by atoms with Gasteiger partial charge in [-0.3, -0.25) is 9.69 Å². The molecule has 4 heteroatoms. The van der Waals surface area contributed by atoms with Crippen molar-refractivity contribution in [3.05, 3.63) is 0 Å². The van der Waals surface area contributed by atoms with E-state index in [4.69, 9.17) is 0 Å². The van der Waals surface area contributed by atoms with E-state index in [9.17, 15) is 9.59 Å². The van der Waals surface area contributed by atoms with Crippen LogP contribution in [0.15, 0.2) is 0 Å². The molecule has 2 atom stereocenters. The van der Waals surface area contributed by atoms with Gasteiger partial charge in [-0.1, -0.05) is 39.0 Å². The summed E-state index contributed by atoms with van der Waals surface area (Å²) in [5, 5.41) is 3.03. The standard InChI is InChI=1S/C15H24N2O2/c1-11-6-5-9-15(10-11)13(18)17(14(19)16-15)12-7-3-2-4-8-12/h11-12H,2-10H2,1H3,(H,16,19). The Morgan fingerprint density at radius 2 is 1.84 bits per heavy atom. The van der Waals surface area contributed by atoms with Crippen LogP contribution in [0, 0.1) is 5.92 Å². The van der Waals surface area contributed by atoms with Crippen LogP contribution in [0.25, 0.3) is 0 Å². The molecule has 2 aliphatic carbocycles. The number of rotatable bonds is 1. The zero-order chi connectivity index (χ0) is 13.5. The van der Waals surface area contributed by atoms with Crippen molar-refractivity contribution in [1.82, 2.24) is 10.2 Å². The first-order valence-corrected chi connectivity index (χ1v) is 7.78. The first-order chi connectivity index (χ1) is 9.12. The summed E-state index contributed by atoms with van der Waals surface area (Å²) in [6, 6.07) is 0.0175. The van der Waals surface area contributed by atoms with Gasteiger partial charge in [0.25, 0.3) is 5.91 Å². The number of imide groups is 1. The van der Waals surface area contributed by atoms with Crippen molar-refractivity contribution in [1.29, 1.82) is 0 Å². The van der Waals surface area contributed by atoms with Crippen molar-refractivity contribution in [2.24, 2.45) is 5.92 Å². The number of nitrogens with one attached hydrogen (secondary N) is 1. The van der Waals surface area contributed by atoms with Crippen LogP contribution in [-0.4, -0.2) is 28.4 Å². The predicted molar refractivity (Wildman–Crippen MR) is 72.6 cm³/mol. The number of hydrogen-bond donors (Lipinski definition) is 1. The highest BCUT2D eigenvalue weighted by Gasteiger charge is 2.54. The van der Waals surface area contributed by atoms with Crippen molar-refractivity contribution in [3.63, 3.8) is 0 Å². The molecule has 0 aromatic rings. The largest absolute Gasteiger partial charge is 0.325 e. The highest BCUT2D eigenvalue weighted by Crippen LogP contribution is 2.38. The fourth-order valence-electron chi connectivity index (χ4n) is 4.17. The van der Waals surface area contributed by atoms with Gasteiger partial charge in [-0.05, 0) is 31.6 Å². The first-order valence-electron chi connectivity index (χ1n) is 7.78. The van der Waals surface area contributed by atoms with Crippen LogP contribution in [0.4, 0.5) is 4.79 Å². The van der Waals surface area contributed by atoms with Gasteiger partial charge < -0.3 is 5.32 Å². The van der Waals surface area contributed by atoms with E-state index in [1.54, 1.807) is 4.90 Å². The second-order valence-corrected chi connectivity index (χ2v) is 6.68. The average molecular weight is 264 g/mol. The second kappa shape index (κ2) is 4.80. The Balaban J connectivity index is 1.80. The number of urea groups is 1. The van der Waals surface area contributed by atoms with Crippen LogP contribution in [0.5, 0.6) is 0 Å². The topological polar surface area (TPSA) is 49.4 Å². The van der Waals surface area contributed by atoms with Gasteiger partial charge in [0.1, 0.15) is 5.54 Å². The quantitative estimate of drug-likeness (QED) is 0.740. The normalized spacial score (nSPS) is 36.9. The predicted octanol–water partition coefficient (Wildman–Crippen LogP) is 2.82. The Hall–Kier alpha value is -1.06. The van der Waals surface area contributed by atoms with Crippen LogP contribution < -0.4 is 5.32 Å². The maximum absolute atomic E-state index is 12.8. The van der Waals surface area contributed by atoms with Crippen LogP contribution in [-0.2, 0) is 4.79 Å². The summed E-state index contributed by atoms with van der Waals surface area (Å²) in [6.45, 7) is 2.18. The molecule has 0 radical (unpaired) electrons. The monoisotopic (exact) mass is 264 g/mol. The Morgan fingerprint density at radius 3 is 2.53 bits per heavy atom. The summed E-state index contributed by atoms with van der Waals surface area (Å²) >= 11 is 0. The number of hydrogen-bond acceptors (Lipinski definition) is 2. The highest BCUT2D eigenvalue weighted by atomic mass is 16.2. The van der Waals surface area contributed by atoms with Gasteiger partial charge in [-0.15, -0.1) is 0 Å². The zero-order valence-corrected chi connectivity index (χ0v) is 11.8. The van der Waals surface area contributed by atoms with Crippen molar-refractivity contribution in [2.45, 2.75) is 76.3 Å². The van der Waals surface area contributed by atoms with Gasteiger partial charge in [-0.25, -0.2) is 4.79 Å². The molecule has 3 aliphatic rings. The van der Waals surface area contributed by atoms with E-state index >= 15 is 0 Å². The minimum absolute atomic E-state index is 0.0657. The van der Waals surface area contributed by atoms with Crippen LogP contribution in [0.1, 0.15) is 64.7 Å². The van der Waals surface area contributed by atoms with E-state index in [2.05, 4.69) is 12.2 Å². The van der Waals surface area contributed by atoms with Crippen LogP contribution in [0.2, 0.25) is 0 Å². The third-order valence-electron chi connectivity index (χ3n) is 5.13. The summed E-state index contributed by atoms with van der Waals surface area (Å²) in [4.78, 5) is 26.6. The molecule has 106 valence electrons. The lowest BCUT2D eigenvalue weighted by molar-refractivity contribution is -0.134. The molecule has 0 bridgehead atoms. The van der Waals surface area contributed by atoms with E-state index in [0.29, 0.717) is 5.92 Å². The van der Waals surface area contributed by atoms with E-state index in [-0.39, 0.29) is 18.0 Å². The maximum Gasteiger partial charge on any atom is 0.325 e. The molecule has 2 unspecified atom stereocenters. The summed E-state index contributed by atoms with van der Waals surface area (Å²) in [7, 11) is 0. The van der Waals surface area contributed by atoms with Gasteiger partial charge in [0.05, 0.1) is 0 Å². The van der Waals surface area contributed by atoms with E-state index in [1.807, 2.05) is 0 Å². The van der Waals surface area contributed by atoms with Gasteiger partial charge in [-0.2, -0.15) is 0 Å². The highest BCUT2D eigenvalue weighted by molar-refractivity contribution is 6.07. The van der Waals surface area contributed by atoms with Crippen molar-refractivity contribution >= 4 is 11.9 Å². The fraction of sp³-hybridized carbons (Fsp3) is 0.867. The summed E-state index contributed by atoms with van der Waals surface area (Å²) in [5.41, 5.74) is -0.563. The number of carbonyl (C=O) groups excluding carboxylic acids is 2. The lowest BCUT2D eigenvalue weighted by Crippen LogP contribution is -2.50. The smallest absolute Gasteiger partial charge is 0.323 e. The van der Waals surface area contributed by atoms with E-state index in [1.165, 1.54) is 12.8 Å². The first kappa shape index (κ1) is 12.9. The molecule has 19 heavy (non-hydrogen) atoms. The van der Waals surface area contributed by atoms with Gasteiger partial charge in [0, 0.05) is 6.04 Å². The minimum atomic E-state index is -0.563. The van der Waals surface area contributed by atoms with Crippen LogP contribution >= 0.6 is 0 Å². The molecule has 1 spiro atoms. The molecule has 3 fully saturated rings. The second-order valence-electron chi connectivity index (χ2n) is 6.68. The molecule has 4 nitrogen and oxygen atoms in total. The Morgan fingerprint density at radius 1 is 1.11 bits per heavy atom. The Kier molecular flexibility index (Phi) is 3.27. The Labute approximate surface area is 114 Å². The number of carbonyl (C=O) groups is 2. The Bertz CT molecular complexity index is 390. The van der Waals surface area contributed by atoms with Crippen LogP contribution in [0.3, 0.4) is 0 Å². The van der Waals surface area contributed by atoms with Gasteiger partial charge in [0.2, 0.25) is 0 Å². The van der Waals surface area contributed by atoms with Crippen molar-refractivity contribution in [2.75, 3.05) is 0 Å². The molecule has 1 aliphatic heterocycles. The molecule has 3 amide bonds. The minimum Gasteiger partial charge on any atom is -0.323 e. The third-order valence-corrected chi connectivity index (χ3v) is 5.13. The molecular weight excluding hydrogens is 240 g/mol. The van der Waals surface area contributed by atoms with E-state index < -0.39 is 5.54 Å². The SMILES string of the molecule is CC1CCCC2(C1)NC(=O)N(C1CCCCC1)C2=O. The molecule has 1 saturated heterocycles. The van der Waals surface area contributed by atoms with E-state index in [0.717, 1.165) is 44.9 Å². The van der Waals surface area contributed by atoms with Crippen molar-refractivity contribution < 1.29 is 9.59 Å². The zero-order valence-electron chi connectivity index (χ0n) is 11.8.